The molecule has 35 heavy (non-hydrogen) atoms. The lowest BCUT2D eigenvalue weighted by atomic mass is 9.93. The minimum atomic E-state index is -0.0398. The lowest BCUT2D eigenvalue weighted by molar-refractivity contribution is -0.137. The average molecular weight is 482 g/mol. The molecule has 2 aliphatic rings. The quantitative estimate of drug-likeness (QED) is 0.447. The molecule has 2 N–H and O–H groups in total. The van der Waals surface area contributed by atoms with Crippen LogP contribution in [0.15, 0.2) is 42.5 Å². The first-order valence-corrected chi connectivity index (χ1v) is 12.7. The number of piperidine rings is 1. The maximum Gasteiger partial charge on any atom is 0.227 e. The first-order valence-electron chi connectivity index (χ1n) is 12.7. The number of carbonyl (C=O) groups is 1. The Kier molecular flexibility index (Phi) is 8.88. The summed E-state index contributed by atoms with van der Waals surface area (Å²) in [5.41, 5.74) is 3.37. The Morgan fingerprint density at radius 3 is 2.66 bits per heavy atom. The van der Waals surface area contributed by atoms with Gasteiger partial charge in [-0.3, -0.25) is 4.79 Å². The van der Waals surface area contributed by atoms with Gasteiger partial charge in [0.05, 0.1) is 19.6 Å². The minimum Gasteiger partial charge on any atom is -0.497 e. The van der Waals surface area contributed by atoms with E-state index in [2.05, 4.69) is 46.7 Å². The molecule has 2 fully saturated rings. The summed E-state index contributed by atoms with van der Waals surface area (Å²) in [6, 6.07) is 14.9. The summed E-state index contributed by atoms with van der Waals surface area (Å²) in [6.07, 6.45) is 3.79. The van der Waals surface area contributed by atoms with Gasteiger partial charge < -0.3 is 29.7 Å². The van der Waals surface area contributed by atoms with Gasteiger partial charge in [0.15, 0.2) is 0 Å². The van der Waals surface area contributed by atoms with Crippen LogP contribution in [0.1, 0.15) is 36.8 Å². The number of nitrogens with zero attached hydrogens (tertiary/aromatic N) is 1. The number of hydrogen-bond donors (Lipinski definition) is 2. The summed E-state index contributed by atoms with van der Waals surface area (Å²) in [5, 5.41) is 7.10. The van der Waals surface area contributed by atoms with Gasteiger partial charge in [0, 0.05) is 63.6 Å². The monoisotopic (exact) mass is 481 g/mol. The molecule has 2 atom stereocenters. The molecule has 4 rings (SSSR count). The highest BCUT2D eigenvalue weighted by Gasteiger charge is 2.37. The highest BCUT2D eigenvalue weighted by molar-refractivity contribution is 5.80. The standard InChI is InChI=1S/C28H39N3O4/c1-20-6-4-7-23(12-20)30-24-15-22(17-29-18-24)28(32)31(25-8-9-25)19-21-13-26(34-3)16-27(14-21)35-11-5-10-33-2/h4,6-7,12-14,16,22,24-25,29-30H,5,8-11,15,17-19H2,1-3H3. The molecule has 7 heteroatoms. The average Bonchev–Trinajstić information content (AvgIpc) is 3.70. The number of ether oxygens (including phenoxy) is 3. The molecule has 1 saturated heterocycles. The Morgan fingerprint density at radius 1 is 1.09 bits per heavy atom. The number of hydrogen-bond acceptors (Lipinski definition) is 6. The van der Waals surface area contributed by atoms with Gasteiger partial charge in [-0.25, -0.2) is 0 Å². The van der Waals surface area contributed by atoms with E-state index >= 15 is 0 Å². The van der Waals surface area contributed by atoms with Gasteiger partial charge in [-0.2, -0.15) is 0 Å². The zero-order valence-electron chi connectivity index (χ0n) is 21.2. The maximum atomic E-state index is 13.7. The van der Waals surface area contributed by atoms with E-state index in [0.717, 1.165) is 61.5 Å². The van der Waals surface area contributed by atoms with Crippen molar-refractivity contribution in [1.29, 1.82) is 0 Å². The molecule has 0 bridgehead atoms. The van der Waals surface area contributed by atoms with Crippen LogP contribution in [0.4, 0.5) is 5.69 Å². The molecule has 190 valence electrons. The van der Waals surface area contributed by atoms with E-state index in [1.54, 1.807) is 14.2 Å². The van der Waals surface area contributed by atoms with Crippen molar-refractivity contribution in [3.63, 3.8) is 0 Å². The van der Waals surface area contributed by atoms with Crippen molar-refractivity contribution in [1.82, 2.24) is 10.2 Å². The second-order valence-corrected chi connectivity index (χ2v) is 9.71. The van der Waals surface area contributed by atoms with Crippen molar-refractivity contribution < 1.29 is 19.0 Å². The molecule has 2 aromatic carbocycles. The number of anilines is 1. The van der Waals surface area contributed by atoms with E-state index < -0.39 is 0 Å². The Hall–Kier alpha value is -2.77. The van der Waals surface area contributed by atoms with Crippen LogP contribution in [0.25, 0.3) is 0 Å². The van der Waals surface area contributed by atoms with Crippen LogP contribution in [0.5, 0.6) is 11.5 Å². The Labute approximate surface area is 209 Å². The highest BCUT2D eigenvalue weighted by Crippen LogP contribution is 2.33. The van der Waals surface area contributed by atoms with Crippen LogP contribution < -0.4 is 20.1 Å². The molecule has 7 nitrogen and oxygen atoms in total. The van der Waals surface area contributed by atoms with Crippen LogP contribution >= 0.6 is 0 Å². The van der Waals surface area contributed by atoms with Crippen molar-refractivity contribution in [2.24, 2.45) is 5.92 Å². The molecule has 2 aromatic rings. The van der Waals surface area contributed by atoms with E-state index in [-0.39, 0.29) is 17.9 Å². The lowest BCUT2D eigenvalue weighted by Crippen LogP contribution is -2.49. The topological polar surface area (TPSA) is 72.1 Å². The fourth-order valence-electron chi connectivity index (χ4n) is 4.73. The van der Waals surface area contributed by atoms with Crippen molar-refractivity contribution >= 4 is 11.6 Å². The van der Waals surface area contributed by atoms with Crippen molar-refractivity contribution in [2.75, 3.05) is 45.8 Å². The zero-order valence-corrected chi connectivity index (χ0v) is 21.2. The maximum absolute atomic E-state index is 13.7. The molecule has 1 aliphatic heterocycles. The van der Waals surface area contributed by atoms with E-state index in [1.165, 1.54) is 5.56 Å². The van der Waals surface area contributed by atoms with Crippen LogP contribution in [0, 0.1) is 12.8 Å². The van der Waals surface area contributed by atoms with E-state index in [1.807, 2.05) is 18.2 Å². The molecule has 1 aliphatic carbocycles. The summed E-state index contributed by atoms with van der Waals surface area (Å²) in [4.78, 5) is 15.8. The minimum absolute atomic E-state index is 0.0398. The van der Waals surface area contributed by atoms with Crippen LogP contribution in [-0.4, -0.2) is 63.4 Å². The molecular weight excluding hydrogens is 442 g/mol. The van der Waals surface area contributed by atoms with Gasteiger partial charge in [0.2, 0.25) is 5.91 Å². The predicted molar refractivity (Wildman–Crippen MR) is 138 cm³/mol. The van der Waals surface area contributed by atoms with Crippen LogP contribution in [-0.2, 0) is 16.1 Å². The SMILES string of the molecule is COCCCOc1cc(CN(C(=O)C2CNCC(Nc3cccc(C)c3)C2)C2CC2)cc(OC)c1. The van der Waals surface area contributed by atoms with Gasteiger partial charge in [0.25, 0.3) is 0 Å². The number of rotatable bonds is 12. The summed E-state index contributed by atoms with van der Waals surface area (Å²) >= 11 is 0. The van der Waals surface area contributed by atoms with E-state index in [0.29, 0.717) is 25.8 Å². The Morgan fingerprint density at radius 2 is 1.91 bits per heavy atom. The smallest absolute Gasteiger partial charge is 0.227 e. The predicted octanol–water partition coefficient (Wildman–Crippen LogP) is 4.00. The fraction of sp³-hybridized carbons (Fsp3) is 0.536. The molecule has 0 radical (unpaired) electrons. The second-order valence-electron chi connectivity index (χ2n) is 9.71. The number of carbonyl (C=O) groups excluding carboxylic acids is 1. The molecule has 2 unspecified atom stereocenters. The van der Waals surface area contributed by atoms with Crippen molar-refractivity contribution in [3.05, 3.63) is 53.6 Å². The number of nitrogens with one attached hydrogen (secondary N) is 2. The van der Waals surface area contributed by atoms with Crippen LogP contribution in [0.3, 0.4) is 0 Å². The zero-order chi connectivity index (χ0) is 24.6. The fourth-order valence-corrected chi connectivity index (χ4v) is 4.73. The third kappa shape index (κ3) is 7.36. The molecule has 0 aromatic heterocycles. The number of aryl methyl sites for hydroxylation is 1. The Bertz CT molecular complexity index is 978. The van der Waals surface area contributed by atoms with Gasteiger partial charge in [0.1, 0.15) is 11.5 Å². The number of amides is 1. The molecular formula is C28H39N3O4. The third-order valence-corrected chi connectivity index (χ3v) is 6.65. The molecule has 1 heterocycles. The van der Waals surface area contributed by atoms with Gasteiger partial charge in [-0.1, -0.05) is 12.1 Å². The summed E-state index contributed by atoms with van der Waals surface area (Å²) in [5.74, 6) is 1.71. The molecule has 0 spiro atoms. The summed E-state index contributed by atoms with van der Waals surface area (Å²) in [7, 11) is 3.35. The Balaban J connectivity index is 1.41. The van der Waals surface area contributed by atoms with Gasteiger partial charge in [-0.15, -0.1) is 0 Å². The lowest BCUT2D eigenvalue weighted by Gasteiger charge is -2.34. The van der Waals surface area contributed by atoms with E-state index in [9.17, 15) is 4.79 Å². The van der Waals surface area contributed by atoms with Gasteiger partial charge >= 0.3 is 0 Å². The summed E-state index contributed by atoms with van der Waals surface area (Å²) < 4.78 is 16.5. The first-order chi connectivity index (χ1) is 17.1. The van der Waals surface area contributed by atoms with Crippen LogP contribution in [0.2, 0.25) is 0 Å². The molecule has 1 saturated carbocycles. The normalized spacial score (nSPS) is 19.7. The van der Waals surface area contributed by atoms with Crippen molar-refractivity contribution in [3.8, 4) is 11.5 Å². The largest absolute Gasteiger partial charge is 0.497 e. The first kappa shape index (κ1) is 25.3. The number of benzene rings is 2. The van der Waals surface area contributed by atoms with Gasteiger partial charge in [-0.05, 0) is 61.6 Å². The summed E-state index contributed by atoms with van der Waals surface area (Å²) in [6.45, 7) is 5.49. The van der Waals surface area contributed by atoms with Crippen molar-refractivity contribution in [2.45, 2.75) is 51.2 Å². The second kappa shape index (κ2) is 12.3. The molecule has 1 amide bonds. The number of methoxy groups -OCH3 is 2. The highest BCUT2D eigenvalue weighted by atomic mass is 16.5. The third-order valence-electron chi connectivity index (χ3n) is 6.65. The van der Waals surface area contributed by atoms with E-state index in [4.69, 9.17) is 14.2 Å².